The number of nitrogens with zero attached hydrogens (tertiary/aromatic N) is 5. The average molecular weight is 397 g/mol. The van der Waals surface area contributed by atoms with Crippen LogP contribution >= 0.6 is 23.2 Å². The van der Waals surface area contributed by atoms with Gasteiger partial charge >= 0.3 is 0 Å². The topological polar surface area (TPSA) is 88.8 Å². The van der Waals surface area contributed by atoms with Crippen LogP contribution in [0.4, 0.5) is 11.5 Å². The van der Waals surface area contributed by atoms with E-state index in [-0.39, 0.29) is 15.9 Å². The number of anilines is 2. The van der Waals surface area contributed by atoms with E-state index < -0.39 is 0 Å². The van der Waals surface area contributed by atoms with Gasteiger partial charge in [-0.15, -0.1) is 0 Å². The van der Waals surface area contributed by atoms with Crippen LogP contribution < -0.4 is 5.32 Å². The van der Waals surface area contributed by atoms with E-state index >= 15 is 0 Å². The summed E-state index contributed by atoms with van der Waals surface area (Å²) in [5, 5.41) is 14.9. The van der Waals surface area contributed by atoms with E-state index in [1.165, 1.54) is 12.4 Å². The van der Waals surface area contributed by atoms with Crippen molar-refractivity contribution in [3.8, 4) is 33.9 Å². The Morgan fingerprint density at radius 3 is 2.59 bits per heavy atom. The summed E-state index contributed by atoms with van der Waals surface area (Å²) in [6.45, 7) is 0. The largest absolute Gasteiger partial charge is 0.426 e. The maximum absolute atomic E-state index is 11.0. The van der Waals surface area contributed by atoms with Crippen molar-refractivity contribution in [2.45, 2.75) is 0 Å². The molecule has 2 N–H and O–H groups in total. The Balaban J connectivity index is 1.89. The van der Waals surface area contributed by atoms with Crippen molar-refractivity contribution in [2.75, 3.05) is 5.32 Å². The van der Waals surface area contributed by atoms with Crippen molar-refractivity contribution in [1.29, 1.82) is 0 Å². The summed E-state index contributed by atoms with van der Waals surface area (Å²) in [4.78, 5) is 17.2. The van der Waals surface area contributed by atoms with Crippen LogP contribution in [-0.4, -0.2) is 29.9 Å². The van der Waals surface area contributed by atoms with Gasteiger partial charge in [0.05, 0.1) is 21.3 Å². The highest BCUT2D eigenvalue weighted by molar-refractivity contribution is 6.38. The molecule has 4 aromatic rings. The Hall–Kier alpha value is -3.16. The zero-order chi connectivity index (χ0) is 18.5. The summed E-state index contributed by atoms with van der Waals surface area (Å²) in [6, 6.07) is 5.46. The summed E-state index contributed by atoms with van der Waals surface area (Å²) < 4.78 is 0.979. The zero-order valence-electron chi connectivity index (χ0n) is 13.6. The van der Waals surface area contributed by atoms with Gasteiger partial charge in [-0.1, -0.05) is 23.2 Å². The molecule has 0 amide bonds. The molecule has 0 fully saturated rings. The number of hydrogen-bond donors (Lipinski definition) is 2. The molecule has 27 heavy (non-hydrogen) atoms. The van der Waals surface area contributed by atoms with Crippen LogP contribution in [0.5, 0.6) is 0 Å². The van der Waals surface area contributed by atoms with Crippen LogP contribution in [0.3, 0.4) is 0 Å². The van der Waals surface area contributed by atoms with Gasteiger partial charge in [0.25, 0.3) is 0 Å². The Labute approximate surface area is 163 Å². The highest BCUT2D eigenvalue weighted by Gasteiger charge is 2.29. The lowest BCUT2D eigenvalue weighted by Crippen LogP contribution is -2.01. The standard InChI is InChI=1S/C18H10Cl2N6O/c19-11-7-22-8-12(20)14(11)18-25-15-10-6-21-5-3-13(10)24-17-9(2-1-4-23-17)16(15)26(18)27/h1-8,27H,(H,23,24). The molecule has 7 nitrogen and oxygen atoms in total. The van der Waals surface area contributed by atoms with E-state index in [4.69, 9.17) is 23.2 Å². The van der Waals surface area contributed by atoms with Gasteiger partial charge in [-0.3, -0.25) is 9.97 Å². The first-order chi connectivity index (χ1) is 13.1. The van der Waals surface area contributed by atoms with E-state index in [0.717, 1.165) is 16.0 Å². The molecule has 5 rings (SSSR count). The van der Waals surface area contributed by atoms with E-state index in [0.29, 0.717) is 28.3 Å². The minimum Gasteiger partial charge on any atom is -0.426 e. The molecule has 9 heteroatoms. The molecule has 0 aliphatic carbocycles. The molecule has 132 valence electrons. The lowest BCUT2D eigenvalue weighted by atomic mass is 10.1. The predicted octanol–water partition coefficient (Wildman–Crippen LogP) is 4.67. The molecule has 5 heterocycles. The van der Waals surface area contributed by atoms with Crippen LogP contribution in [0.1, 0.15) is 0 Å². The highest BCUT2D eigenvalue weighted by atomic mass is 35.5. The van der Waals surface area contributed by atoms with Crippen LogP contribution in [0.25, 0.3) is 33.9 Å². The van der Waals surface area contributed by atoms with Gasteiger partial charge < -0.3 is 10.5 Å². The van der Waals surface area contributed by atoms with Gasteiger partial charge in [0.15, 0.2) is 5.82 Å². The minimum atomic E-state index is 0.212. The van der Waals surface area contributed by atoms with Crippen molar-refractivity contribution in [3.63, 3.8) is 0 Å². The summed E-state index contributed by atoms with van der Waals surface area (Å²) in [7, 11) is 0. The molecular formula is C18H10Cl2N6O. The number of hydrogen-bond acceptors (Lipinski definition) is 6. The summed E-state index contributed by atoms with van der Waals surface area (Å²) in [6.07, 6.45) is 7.93. The number of imidazole rings is 1. The maximum atomic E-state index is 11.0. The quantitative estimate of drug-likeness (QED) is 0.400. The fraction of sp³-hybridized carbons (Fsp3) is 0. The zero-order valence-corrected chi connectivity index (χ0v) is 15.1. The Kier molecular flexibility index (Phi) is 3.53. The Morgan fingerprint density at radius 1 is 0.963 bits per heavy atom. The number of rotatable bonds is 1. The summed E-state index contributed by atoms with van der Waals surface area (Å²) >= 11 is 12.6. The van der Waals surface area contributed by atoms with Crippen LogP contribution in [0.2, 0.25) is 10.0 Å². The molecule has 0 spiro atoms. The Morgan fingerprint density at radius 2 is 1.78 bits per heavy atom. The van der Waals surface area contributed by atoms with Crippen LogP contribution in [0, 0.1) is 0 Å². The van der Waals surface area contributed by atoms with Gasteiger partial charge in [0, 0.05) is 42.1 Å². The lowest BCUT2D eigenvalue weighted by Gasteiger charge is -2.10. The minimum absolute atomic E-state index is 0.212. The molecule has 0 radical (unpaired) electrons. The van der Waals surface area contributed by atoms with Crippen molar-refractivity contribution >= 4 is 34.7 Å². The summed E-state index contributed by atoms with van der Waals surface area (Å²) in [5.74, 6) is 0.807. The SMILES string of the molecule is On1c(-c2c(Cl)cncc2Cl)nc2c1-c1cccnc1Nc1ccncc1-2. The first kappa shape index (κ1) is 16.0. The monoisotopic (exact) mass is 396 g/mol. The van der Waals surface area contributed by atoms with E-state index in [1.54, 1.807) is 24.7 Å². The van der Waals surface area contributed by atoms with Crippen molar-refractivity contribution in [2.24, 2.45) is 0 Å². The van der Waals surface area contributed by atoms with Gasteiger partial charge in [0.1, 0.15) is 17.2 Å². The second-order valence-electron chi connectivity index (χ2n) is 5.87. The predicted molar refractivity (Wildman–Crippen MR) is 102 cm³/mol. The van der Waals surface area contributed by atoms with Crippen LogP contribution in [0.15, 0.2) is 49.2 Å². The number of aromatic nitrogens is 5. The molecule has 0 saturated carbocycles. The number of nitrogens with one attached hydrogen (secondary N) is 1. The van der Waals surface area contributed by atoms with Gasteiger partial charge in [0.2, 0.25) is 0 Å². The van der Waals surface area contributed by atoms with Gasteiger partial charge in [-0.25, -0.2) is 9.97 Å². The van der Waals surface area contributed by atoms with Crippen molar-refractivity contribution < 1.29 is 5.21 Å². The third kappa shape index (κ3) is 2.36. The number of fused-ring (bicyclic) bond motifs is 5. The molecule has 0 saturated heterocycles. The molecule has 0 unspecified atom stereocenters. The highest BCUT2D eigenvalue weighted by Crippen LogP contribution is 2.45. The fourth-order valence-corrected chi connectivity index (χ4v) is 3.68. The van der Waals surface area contributed by atoms with E-state index in [9.17, 15) is 5.21 Å². The maximum Gasteiger partial charge on any atom is 0.179 e. The molecule has 0 bridgehead atoms. The Bertz CT molecular complexity index is 1190. The summed E-state index contributed by atoms with van der Waals surface area (Å²) in [5.41, 5.74) is 3.59. The molecule has 0 atom stereocenters. The smallest absolute Gasteiger partial charge is 0.179 e. The fourth-order valence-electron chi connectivity index (χ4n) is 3.14. The van der Waals surface area contributed by atoms with Crippen molar-refractivity contribution in [1.82, 2.24) is 24.7 Å². The molecule has 4 aromatic heterocycles. The third-order valence-electron chi connectivity index (χ3n) is 4.32. The molecule has 1 aliphatic rings. The number of pyridine rings is 3. The molecule has 0 aromatic carbocycles. The first-order valence-corrected chi connectivity index (χ1v) is 8.69. The normalized spacial score (nSPS) is 11.8. The van der Waals surface area contributed by atoms with E-state index in [1.807, 2.05) is 12.1 Å². The van der Waals surface area contributed by atoms with Crippen molar-refractivity contribution in [3.05, 3.63) is 59.2 Å². The lowest BCUT2D eigenvalue weighted by molar-refractivity contribution is 0.195. The average Bonchev–Trinajstić information content (AvgIpc) is 2.92. The van der Waals surface area contributed by atoms with Gasteiger partial charge in [-0.05, 0) is 18.2 Å². The van der Waals surface area contributed by atoms with E-state index in [2.05, 4.69) is 25.3 Å². The molecular weight excluding hydrogens is 387 g/mol. The second kappa shape index (κ2) is 5.94. The number of halogens is 2. The molecule has 1 aliphatic heterocycles. The van der Waals surface area contributed by atoms with Gasteiger partial charge in [-0.2, -0.15) is 4.73 Å². The first-order valence-electron chi connectivity index (χ1n) is 7.93. The third-order valence-corrected chi connectivity index (χ3v) is 4.90. The van der Waals surface area contributed by atoms with Crippen LogP contribution in [-0.2, 0) is 0 Å². The second-order valence-corrected chi connectivity index (χ2v) is 6.68.